The molecule has 0 atom stereocenters. The van der Waals surface area contributed by atoms with Crippen LogP contribution in [0.15, 0.2) is 42.5 Å². The van der Waals surface area contributed by atoms with Gasteiger partial charge in [0.25, 0.3) is 0 Å². The van der Waals surface area contributed by atoms with Gasteiger partial charge in [-0.05, 0) is 31.2 Å². The van der Waals surface area contributed by atoms with Crippen LogP contribution in [-0.2, 0) is 6.61 Å². The summed E-state index contributed by atoms with van der Waals surface area (Å²) in [5, 5.41) is 0.424. The molecule has 0 N–H and O–H groups in total. The lowest BCUT2D eigenvalue weighted by Crippen LogP contribution is -2.00. The molecule has 0 fully saturated rings. The van der Waals surface area contributed by atoms with Crippen molar-refractivity contribution in [2.75, 3.05) is 7.11 Å². The summed E-state index contributed by atoms with van der Waals surface area (Å²) in [6, 6.07) is 12.6. The highest BCUT2D eigenvalue weighted by Crippen LogP contribution is 2.27. The molecule has 0 aliphatic rings. The third-order valence-electron chi connectivity index (χ3n) is 2.91. The van der Waals surface area contributed by atoms with E-state index in [1.54, 1.807) is 25.3 Å². The lowest BCUT2D eigenvalue weighted by molar-refractivity contribution is 0.101. The Morgan fingerprint density at radius 1 is 1.15 bits per heavy atom. The summed E-state index contributed by atoms with van der Waals surface area (Å²) in [6.07, 6.45) is 0. The number of carbonyl (C=O) groups is 1. The topological polar surface area (TPSA) is 35.5 Å². The molecule has 0 radical (unpaired) electrons. The Hall–Kier alpha value is -2.00. The van der Waals surface area contributed by atoms with Gasteiger partial charge >= 0.3 is 0 Å². The average Bonchev–Trinajstić information content (AvgIpc) is 2.46. The van der Waals surface area contributed by atoms with Crippen LogP contribution in [0.1, 0.15) is 22.8 Å². The van der Waals surface area contributed by atoms with Crippen molar-refractivity contribution >= 4 is 17.4 Å². The van der Waals surface area contributed by atoms with Gasteiger partial charge in [-0.1, -0.05) is 29.8 Å². The van der Waals surface area contributed by atoms with E-state index < -0.39 is 0 Å². The minimum atomic E-state index is -0.0248. The highest BCUT2D eigenvalue weighted by atomic mass is 35.5. The van der Waals surface area contributed by atoms with Gasteiger partial charge in [0.05, 0.1) is 12.1 Å². The average molecular weight is 291 g/mol. The molecular weight excluding hydrogens is 276 g/mol. The number of halogens is 1. The van der Waals surface area contributed by atoms with Crippen LogP contribution in [0.4, 0.5) is 0 Å². The molecule has 2 aromatic rings. The van der Waals surface area contributed by atoms with Gasteiger partial charge < -0.3 is 9.47 Å². The number of rotatable bonds is 5. The summed E-state index contributed by atoms with van der Waals surface area (Å²) in [4.78, 5) is 11.3. The van der Waals surface area contributed by atoms with Crippen molar-refractivity contribution in [3.8, 4) is 11.5 Å². The first-order valence-corrected chi connectivity index (χ1v) is 6.55. The van der Waals surface area contributed by atoms with Gasteiger partial charge in [0.1, 0.15) is 18.1 Å². The normalized spacial score (nSPS) is 10.2. The molecule has 0 spiro atoms. The lowest BCUT2D eigenvalue weighted by Gasteiger charge is -2.11. The van der Waals surface area contributed by atoms with Crippen molar-refractivity contribution < 1.29 is 14.3 Å². The molecule has 0 aromatic heterocycles. The highest BCUT2D eigenvalue weighted by molar-refractivity contribution is 6.32. The summed E-state index contributed by atoms with van der Waals surface area (Å²) in [5.74, 6) is 1.29. The summed E-state index contributed by atoms with van der Waals surface area (Å²) in [7, 11) is 1.62. The Labute approximate surface area is 123 Å². The van der Waals surface area contributed by atoms with Crippen molar-refractivity contribution in [2.45, 2.75) is 13.5 Å². The number of hydrogen-bond acceptors (Lipinski definition) is 3. The minimum Gasteiger partial charge on any atom is -0.496 e. The predicted octanol–water partition coefficient (Wildman–Crippen LogP) is 4.13. The molecule has 0 saturated heterocycles. The third kappa shape index (κ3) is 3.31. The molecule has 2 rings (SSSR count). The zero-order valence-corrected chi connectivity index (χ0v) is 12.1. The number of methoxy groups -OCH3 is 1. The van der Waals surface area contributed by atoms with E-state index in [9.17, 15) is 4.79 Å². The van der Waals surface area contributed by atoms with E-state index in [4.69, 9.17) is 21.1 Å². The molecule has 20 heavy (non-hydrogen) atoms. The molecule has 4 heteroatoms. The molecule has 2 aromatic carbocycles. The van der Waals surface area contributed by atoms with E-state index in [0.29, 0.717) is 22.9 Å². The van der Waals surface area contributed by atoms with Crippen LogP contribution in [0.2, 0.25) is 5.02 Å². The van der Waals surface area contributed by atoms with Crippen molar-refractivity contribution in [3.63, 3.8) is 0 Å². The zero-order chi connectivity index (χ0) is 14.5. The first-order valence-electron chi connectivity index (χ1n) is 6.17. The summed E-state index contributed by atoms with van der Waals surface area (Å²) >= 11 is 6.10. The van der Waals surface area contributed by atoms with Crippen LogP contribution in [0.5, 0.6) is 11.5 Å². The van der Waals surface area contributed by atoms with Gasteiger partial charge in [-0.3, -0.25) is 4.79 Å². The first kappa shape index (κ1) is 14.4. The van der Waals surface area contributed by atoms with E-state index in [1.807, 2.05) is 24.3 Å². The van der Waals surface area contributed by atoms with E-state index in [2.05, 4.69) is 0 Å². The van der Waals surface area contributed by atoms with Gasteiger partial charge in [0.2, 0.25) is 0 Å². The van der Waals surface area contributed by atoms with E-state index in [1.165, 1.54) is 6.92 Å². The minimum absolute atomic E-state index is 0.0248. The second-order valence-electron chi connectivity index (χ2n) is 4.30. The monoisotopic (exact) mass is 290 g/mol. The van der Waals surface area contributed by atoms with Gasteiger partial charge in [-0.25, -0.2) is 0 Å². The molecule has 0 saturated carbocycles. The number of ketones is 1. The van der Waals surface area contributed by atoms with Gasteiger partial charge in [-0.2, -0.15) is 0 Å². The van der Waals surface area contributed by atoms with Crippen LogP contribution >= 0.6 is 11.6 Å². The number of benzene rings is 2. The van der Waals surface area contributed by atoms with Gasteiger partial charge in [-0.15, -0.1) is 0 Å². The molecular formula is C16H15ClO3. The molecule has 0 amide bonds. The second-order valence-corrected chi connectivity index (χ2v) is 4.71. The number of hydrogen-bond donors (Lipinski definition) is 0. The Bertz CT molecular complexity index is 623. The van der Waals surface area contributed by atoms with Crippen LogP contribution in [-0.4, -0.2) is 12.9 Å². The van der Waals surface area contributed by atoms with Crippen LogP contribution < -0.4 is 9.47 Å². The smallest absolute Gasteiger partial charge is 0.159 e. The summed E-state index contributed by atoms with van der Waals surface area (Å²) in [5.41, 5.74) is 1.50. The quantitative estimate of drug-likeness (QED) is 0.777. The number of ether oxygens (including phenoxy) is 2. The molecule has 0 unspecified atom stereocenters. The molecule has 0 heterocycles. The zero-order valence-electron chi connectivity index (χ0n) is 11.4. The maximum absolute atomic E-state index is 11.3. The standard InChI is InChI=1S/C16H15ClO3/c1-11(18)12-7-8-16(14(17)9-12)20-10-13-5-3-4-6-15(13)19-2/h3-9H,10H2,1-2H3. The third-order valence-corrected chi connectivity index (χ3v) is 3.21. The molecule has 3 nitrogen and oxygen atoms in total. The van der Waals surface area contributed by atoms with Gasteiger partial charge in [0, 0.05) is 11.1 Å². The van der Waals surface area contributed by atoms with Crippen LogP contribution in [0, 0.1) is 0 Å². The maximum atomic E-state index is 11.3. The Balaban J connectivity index is 2.13. The fraction of sp³-hybridized carbons (Fsp3) is 0.188. The van der Waals surface area contributed by atoms with Crippen molar-refractivity contribution in [3.05, 3.63) is 58.6 Å². The number of Topliss-reactive ketones (excluding diaryl/α,β-unsaturated/α-hetero) is 1. The Kier molecular flexibility index (Phi) is 4.64. The molecule has 0 bridgehead atoms. The van der Waals surface area contributed by atoms with Crippen molar-refractivity contribution in [1.82, 2.24) is 0 Å². The molecule has 0 aliphatic heterocycles. The lowest BCUT2D eigenvalue weighted by atomic mass is 10.1. The fourth-order valence-electron chi connectivity index (χ4n) is 1.81. The summed E-state index contributed by atoms with van der Waals surface area (Å²) in [6.45, 7) is 1.85. The fourth-order valence-corrected chi connectivity index (χ4v) is 2.05. The largest absolute Gasteiger partial charge is 0.496 e. The first-order chi connectivity index (χ1) is 9.61. The molecule has 104 valence electrons. The Morgan fingerprint density at radius 3 is 2.55 bits per heavy atom. The highest BCUT2D eigenvalue weighted by Gasteiger charge is 2.08. The Morgan fingerprint density at radius 2 is 1.90 bits per heavy atom. The van der Waals surface area contributed by atoms with Crippen LogP contribution in [0.25, 0.3) is 0 Å². The van der Waals surface area contributed by atoms with Gasteiger partial charge in [0.15, 0.2) is 5.78 Å². The van der Waals surface area contributed by atoms with Crippen molar-refractivity contribution in [1.29, 1.82) is 0 Å². The van der Waals surface area contributed by atoms with Crippen LogP contribution in [0.3, 0.4) is 0 Å². The predicted molar refractivity (Wildman–Crippen MR) is 78.8 cm³/mol. The maximum Gasteiger partial charge on any atom is 0.159 e. The van der Waals surface area contributed by atoms with E-state index in [-0.39, 0.29) is 5.78 Å². The number of para-hydroxylation sites is 1. The number of carbonyl (C=O) groups excluding carboxylic acids is 1. The van der Waals surface area contributed by atoms with E-state index in [0.717, 1.165) is 11.3 Å². The SMILES string of the molecule is COc1ccccc1COc1ccc(C(C)=O)cc1Cl. The summed E-state index contributed by atoms with van der Waals surface area (Å²) < 4.78 is 10.9. The van der Waals surface area contributed by atoms with E-state index >= 15 is 0 Å². The second kappa shape index (κ2) is 6.44. The molecule has 0 aliphatic carbocycles. The van der Waals surface area contributed by atoms with Crippen molar-refractivity contribution in [2.24, 2.45) is 0 Å².